The van der Waals surface area contributed by atoms with Gasteiger partial charge in [0.2, 0.25) is 0 Å². The number of benzene rings is 16. The van der Waals surface area contributed by atoms with E-state index in [4.69, 9.17) is 9.47 Å². The molecule has 8 aliphatic rings. The summed E-state index contributed by atoms with van der Waals surface area (Å²) in [6.07, 6.45) is 0. The van der Waals surface area contributed by atoms with Gasteiger partial charge in [0.05, 0.1) is 5.69 Å². The average molecular weight is 1640 g/mol. The van der Waals surface area contributed by atoms with Crippen LogP contribution < -0.4 is 19.3 Å². The molecule has 0 aromatic heterocycles. The Bertz CT molecular complexity index is 6950. The predicted octanol–water partition coefficient (Wildman–Crippen LogP) is 32.8. The van der Waals surface area contributed by atoms with E-state index < -0.39 is 0 Å². The molecule has 0 saturated carbocycles. The van der Waals surface area contributed by atoms with Gasteiger partial charge < -0.3 is 19.3 Å². The molecule has 0 N–H and O–H groups in total. The van der Waals surface area contributed by atoms with E-state index >= 15 is 0 Å². The number of para-hydroxylation sites is 2. The van der Waals surface area contributed by atoms with Crippen LogP contribution in [0.3, 0.4) is 0 Å². The summed E-state index contributed by atoms with van der Waals surface area (Å²) in [5.41, 5.74) is 39.8. The van der Waals surface area contributed by atoms with Crippen molar-refractivity contribution in [3.63, 3.8) is 0 Å². The number of anilines is 6. The van der Waals surface area contributed by atoms with E-state index in [1.165, 1.54) is 186 Å². The highest BCUT2D eigenvalue weighted by Gasteiger charge is 2.49. The Kier molecular flexibility index (Phi) is 16.4. The molecule has 0 saturated heterocycles. The van der Waals surface area contributed by atoms with E-state index in [2.05, 4.69) is 436 Å². The SMILES string of the molecule is CC1(C)c2ccccc2Oc2c1ccc1c2-c2ccc(N(c3ccc4c(c3)C(C)(C)c3ccc5c(c3-4)Oc3ccccc3C5(C)C)c3cccc4ccccc34)cc2C1(C)C.CC1(C)c2ccccc2Sc2c1ccc1c2-c2ccc(N(c3ccc(-c4ccccc4)cc3)c3ccc4c(c3)C(C)(C)c3ccc5c(c3-4)Sc3ccccc3C5(C)C)cc2C1(C)C. The molecule has 4 aliphatic carbocycles. The van der Waals surface area contributed by atoms with Crippen LogP contribution in [-0.2, 0) is 43.3 Å². The van der Waals surface area contributed by atoms with Gasteiger partial charge in [-0.1, -0.05) is 359 Å². The van der Waals surface area contributed by atoms with Gasteiger partial charge in [0.1, 0.15) is 23.0 Å². The van der Waals surface area contributed by atoms with Crippen LogP contribution in [0.25, 0.3) is 66.4 Å². The van der Waals surface area contributed by atoms with Crippen molar-refractivity contribution in [2.45, 2.75) is 174 Å². The molecule has 4 heterocycles. The van der Waals surface area contributed by atoms with Crippen molar-refractivity contribution in [1.82, 2.24) is 0 Å². The molecule has 606 valence electrons. The molecule has 4 nitrogen and oxygen atoms in total. The molecular weight excluding hydrogens is 1540 g/mol. The van der Waals surface area contributed by atoms with E-state index in [1.807, 2.05) is 23.5 Å². The lowest BCUT2D eigenvalue weighted by molar-refractivity contribution is 0.418. The van der Waals surface area contributed by atoms with Crippen molar-refractivity contribution < 1.29 is 9.47 Å². The van der Waals surface area contributed by atoms with Crippen molar-refractivity contribution in [2.75, 3.05) is 9.80 Å². The maximum Gasteiger partial charge on any atom is 0.139 e. The Balaban J connectivity index is 0.000000143. The number of fused-ring (bicyclic) bond motifs is 25. The molecular formula is C118H100N2O2S2. The number of rotatable bonds is 7. The minimum atomic E-state index is -0.252. The summed E-state index contributed by atoms with van der Waals surface area (Å²) in [6.45, 7) is 38.0. The number of hydrogen-bond acceptors (Lipinski definition) is 6. The molecule has 124 heavy (non-hydrogen) atoms. The normalized spacial score (nSPS) is 17.0. The first kappa shape index (κ1) is 76.6. The van der Waals surface area contributed by atoms with Crippen LogP contribution in [0, 0.1) is 0 Å². The molecule has 6 heteroatoms. The molecule has 0 bridgehead atoms. The van der Waals surface area contributed by atoms with Crippen LogP contribution in [0.4, 0.5) is 34.1 Å². The van der Waals surface area contributed by atoms with Gasteiger partial charge in [-0.2, -0.15) is 0 Å². The maximum atomic E-state index is 6.90. The monoisotopic (exact) mass is 1640 g/mol. The Morgan fingerprint density at radius 2 is 0.532 bits per heavy atom. The van der Waals surface area contributed by atoms with Gasteiger partial charge in [-0.15, -0.1) is 0 Å². The Hall–Kier alpha value is -12.3. The smallest absolute Gasteiger partial charge is 0.139 e. The molecule has 16 aromatic carbocycles. The zero-order valence-electron chi connectivity index (χ0n) is 73.5. The standard InChI is InChI=1S/C60H51NS2.C58H49NO2/c1-57(2)43-18-12-14-20-51(43)62-55-47(57)32-30-45-53(55)41-28-26-39(34-49(41)59(45,5)6)61(38-24-22-37(23-25-38)36-16-10-9-11-17-36)40-27-29-42-50(35-40)60(7,8)46-31-33-48-56(54(42)46)63-52-21-15-13-19-44(52)58(48,3)4;1-55(2)40-19-11-13-22-49(40)60-53-44(55)30-28-42-51(53)38-26-24-35(32-46(38)57(42,5)6)59(48-21-15-17-34-16-9-10-18-37(34)48)36-25-27-39-47(33-36)58(7,8)43-29-31-45-54(52(39)43)61-50-23-14-12-20-41(50)56(45,3)4/h9-35H,1-8H3;9-33H,1-8H3. The number of nitrogens with zero attached hydrogens (tertiary/aromatic N) is 2. The van der Waals surface area contributed by atoms with Gasteiger partial charge in [-0.3, -0.25) is 0 Å². The Morgan fingerprint density at radius 3 is 0.976 bits per heavy atom. The summed E-state index contributed by atoms with van der Waals surface area (Å²) in [7, 11) is 0. The van der Waals surface area contributed by atoms with Gasteiger partial charge in [0.15, 0.2) is 0 Å². The lowest BCUT2D eigenvalue weighted by Gasteiger charge is -2.36. The van der Waals surface area contributed by atoms with Crippen LogP contribution in [0.5, 0.6) is 23.0 Å². The highest BCUT2D eigenvalue weighted by Crippen LogP contribution is 2.66. The third-order valence-corrected chi connectivity index (χ3v) is 32.6. The quantitative estimate of drug-likeness (QED) is 0.158. The van der Waals surface area contributed by atoms with Gasteiger partial charge in [-0.05, 0) is 197 Å². The first-order valence-electron chi connectivity index (χ1n) is 44.2. The second-order valence-electron chi connectivity index (χ2n) is 39.9. The summed E-state index contributed by atoms with van der Waals surface area (Å²) in [5.74, 6) is 3.87. The highest BCUT2D eigenvalue weighted by atomic mass is 32.2. The van der Waals surface area contributed by atoms with Crippen molar-refractivity contribution in [3.8, 4) is 78.6 Å². The van der Waals surface area contributed by atoms with Crippen molar-refractivity contribution in [3.05, 3.63) is 404 Å². The highest BCUT2D eigenvalue weighted by molar-refractivity contribution is 8.00. The first-order chi connectivity index (χ1) is 59.5. The lowest BCUT2D eigenvalue weighted by atomic mass is 9.74. The molecule has 24 rings (SSSR count). The van der Waals surface area contributed by atoms with Crippen molar-refractivity contribution >= 4 is 68.4 Å². The summed E-state index contributed by atoms with van der Waals surface area (Å²) in [4.78, 5) is 10.5. The molecule has 0 radical (unpaired) electrons. The zero-order valence-corrected chi connectivity index (χ0v) is 75.2. The molecule has 0 atom stereocenters. The maximum absolute atomic E-state index is 6.90. The van der Waals surface area contributed by atoms with Gasteiger partial charge in [0, 0.05) is 141 Å². The van der Waals surface area contributed by atoms with Crippen LogP contribution in [0.15, 0.2) is 335 Å². The fraction of sp³-hybridized carbons (Fsp3) is 0.203. The van der Waals surface area contributed by atoms with E-state index in [0.29, 0.717) is 0 Å². The molecule has 4 aliphatic heterocycles. The summed E-state index contributed by atoms with van der Waals surface area (Å²) in [6, 6.07) is 118. The number of ether oxygens (including phenoxy) is 2. The second-order valence-corrected chi connectivity index (χ2v) is 42.0. The minimum Gasteiger partial charge on any atom is -0.456 e. The Morgan fingerprint density at radius 1 is 0.218 bits per heavy atom. The third kappa shape index (κ3) is 10.8. The van der Waals surface area contributed by atoms with Crippen molar-refractivity contribution in [2.24, 2.45) is 0 Å². The van der Waals surface area contributed by atoms with E-state index in [0.717, 1.165) is 45.7 Å². The summed E-state index contributed by atoms with van der Waals surface area (Å²) < 4.78 is 13.8. The predicted molar refractivity (Wildman–Crippen MR) is 518 cm³/mol. The fourth-order valence-electron chi connectivity index (χ4n) is 23.1. The average Bonchev–Trinajstić information content (AvgIpc) is 1.54. The van der Waals surface area contributed by atoms with Crippen molar-refractivity contribution in [1.29, 1.82) is 0 Å². The molecule has 16 aromatic rings. The topological polar surface area (TPSA) is 24.9 Å². The van der Waals surface area contributed by atoms with Gasteiger partial charge in [-0.25, -0.2) is 0 Å². The van der Waals surface area contributed by atoms with Crippen LogP contribution >= 0.6 is 23.5 Å². The summed E-state index contributed by atoms with van der Waals surface area (Å²) in [5, 5.41) is 2.42. The second kappa shape index (κ2) is 26.6. The van der Waals surface area contributed by atoms with Crippen LogP contribution in [0.2, 0.25) is 0 Å². The van der Waals surface area contributed by atoms with Crippen LogP contribution in [-0.4, -0.2) is 0 Å². The summed E-state index contributed by atoms with van der Waals surface area (Å²) >= 11 is 3.91. The fourth-order valence-corrected chi connectivity index (χ4v) is 26.2. The third-order valence-electron chi connectivity index (χ3n) is 30.2. The molecule has 0 fully saturated rings. The zero-order chi connectivity index (χ0) is 85.0. The molecule has 0 spiro atoms. The number of hydrogen-bond donors (Lipinski definition) is 0. The molecule has 0 unspecified atom stereocenters. The first-order valence-corrected chi connectivity index (χ1v) is 45.8. The van der Waals surface area contributed by atoms with E-state index in [-0.39, 0.29) is 43.3 Å². The minimum absolute atomic E-state index is 0.0819. The van der Waals surface area contributed by atoms with Gasteiger partial charge in [0.25, 0.3) is 0 Å². The van der Waals surface area contributed by atoms with Gasteiger partial charge >= 0.3 is 0 Å². The lowest BCUT2D eigenvalue weighted by Crippen LogP contribution is -2.25. The van der Waals surface area contributed by atoms with E-state index in [9.17, 15) is 0 Å². The van der Waals surface area contributed by atoms with Crippen LogP contribution in [0.1, 0.15) is 200 Å². The largest absolute Gasteiger partial charge is 0.456 e. The Labute approximate surface area is 739 Å². The molecule has 0 amide bonds. The van der Waals surface area contributed by atoms with E-state index in [1.54, 1.807) is 0 Å².